The fraction of sp³-hybridized carbons (Fsp3) is 0.968. The lowest BCUT2D eigenvalue weighted by molar-refractivity contribution is -0.118. The van der Waals surface area contributed by atoms with Gasteiger partial charge in [-0.25, -0.2) is 0 Å². The highest BCUT2D eigenvalue weighted by Crippen LogP contribution is 2.19. The molecule has 0 spiro atoms. The van der Waals surface area contributed by atoms with Crippen LogP contribution in [-0.2, 0) is 14.3 Å². The Labute approximate surface area is 431 Å². The number of carbonyl (C=O) groups excluding carboxylic acids is 2. The van der Waals surface area contributed by atoms with Gasteiger partial charge in [0, 0.05) is 33.2 Å². The van der Waals surface area contributed by atoms with E-state index in [9.17, 15) is 9.59 Å². The van der Waals surface area contributed by atoms with E-state index in [4.69, 9.17) is 4.74 Å². The van der Waals surface area contributed by atoms with Crippen molar-refractivity contribution in [1.82, 2.24) is 14.7 Å². The zero-order valence-corrected chi connectivity index (χ0v) is 49.2. The van der Waals surface area contributed by atoms with Crippen LogP contribution in [0.5, 0.6) is 0 Å². The minimum atomic E-state index is 0.318. The maximum atomic E-state index is 11.9. The summed E-state index contributed by atoms with van der Waals surface area (Å²) in [7, 11) is 1.75. The maximum absolute atomic E-state index is 11.9. The Kier molecular flexibility index (Phi) is 74.0. The van der Waals surface area contributed by atoms with Crippen molar-refractivity contribution in [2.75, 3.05) is 72.6 Å². The monoisotopic (exact) mass is 966 g/mol. The quantitative estimate of drug-likeness (QED) is 0.0447. The van der Waals surface area contributed by atoms with Crippen molar-refractivity contribution in [3.8, 4) is 0 Å². The molecule has 0 N–H and O–H groups in total. The van der Waals surface area contributed by atoms with Crippen LogP contribution in [0, 0.1) is 5.92 Å². The van der Waals surface area contributed by atoms with E-state index in [-0.39, 0.29) is 0 Å². The van der Waals surface area contributed by atoms with E-state index in [0.29, 0.717) is 12.3 Å². The number of methoxy groups -OCH3 is 1. The van der Waals surface area contributed by atoms with Crippen LogP contribution in [0.3, 0.4) is 0 Å². The van der Waals surface area contributed by atoms with Crippen molar-refractivity contribution in [2.45, 2.75) is 313 Å². The highest BCUT2D eigenvalue weighted by Gasteiger charge is 2.13. The Bertz CT molecular complexity index is 859. The van der Waals surface area contributed by atoms with Gasteiger partial charge in [0.25, 0.3) is 0 Å². The molecule has 412 valence electrons. The Morgan fingerprint density at radius 2 is 0.691 bits per heavy atom. The second-order valence-corrected chi connectivity index (χ2v) is 20.4. The molecule has 6 heteroatoms. The Balaban J connectivity index is -0.000000533. The lowest BCUT2D eigenvalue weighted by Gasteiger charge is -2.27. The molecule has 0 aliphatic rings. The van der Waals surface area contributed by atoms with Gasteiger partial charge < -0.3 is 19.3 Å². The average molecular weight is 967 g/mol. The first-order chi connectivity index (χ1) is 33.3. The van der Waals surface area contributed by atoms with Crippen molar-refractivity contribution in [1.29, 1.82) is 0 Å². The molecule has 6 nitrogen and oxygen atoms in total. The largest absolute Gasteiger partial charge is 0.385 e. The first-order valence-electron chi connectivity index (χ1n) is 30.9. The number of Topliss-reactive ketones (excluding diaryl/α,β-unsaturated/α-hetero) is 1. The van der Waals surface area contributed by atoms with Crippen LogP contribution in [-0.4, -0.2) is 99.4 Å². The van der Waals surface area contributed by atoms with E-state index in [1.54, 1.807) is 14.0 Å². The predicted molar refractivity (Wildman–Crippen MR) is 308 cm³/mol. The molecule has 0 saturated heterocycles. The molecule has 0 fully saturated rings. The summed E-state index contributed by atoms with van der Waals surface area (Å²) in [6.07, 6.45) is 51.8. The van der Waals surface area contributed by atoms with Crippen LogP contribution < -0.4 is 0 Å². The van der Waals surface area contributed by atoms with Gasteiger partial charge in [-0.2, -0.15) is 0 Å². The van der Waals surface area contributed by atoms with E-state index in [2.05, 4.69) is 63.2 Å². The predicted octanol–water partition coefficient (Wildman–Crippen LogP) is 18.9. The third-order valence-electron chi connectivity index (χ3n) is 13.5. The number of hydrogen-bond acceptors (Lipinski definition) is 6. The van der Waals surface area contributed by atoms with Crippen molar-refractivity contribution < 1.29 is 14.3 Å². The SMILES string of the molecule is CC.CCCCCCCCCN(CCCC=O)CCC(CCC)CCC.CCCCCCCCCN(CCCCCCCCC)CCN(CCCCCCCCC)CC(C)=O.CCCCCOC. The number of aldehydes is 1. The number of nitrogens with zero attached hydrogens (tertiary/aromatic N) is 3. The second kappa shape index (κ2) is 68.3. The number of unbranched alkanes of at least 4 members (excludes halogenated alkanes) is 27. The van der Waals surface area contributed by atoms with Gasteiger partial charge in [-0.15, -0.1) is 0 Å². The molecule has 68 heavy (non-hydrogen) atoms. The van der Waals surface area contributed by atoms with Crippen molar-refractivity contribution in [3.05, 3.63) is 0 Å². The topological polar surface area (TPSA) is 53.1 Å². The highest BCUT2D eigenvalue weighted by atomic mass is 16.5. The molecule has 0 unspecified atom stereocenters. The Morgan fingerprint density at radius 1 is 0.382 bits per heavy atom. The first kappa shape index (κ1) is 73.7. The van der Waals surface area contributed by atoms with Gasteiger partial charge in [-0.05, 0) is 97.1 Å². The first-order valence-corrected chi connectivity index (χ1v) is 30.9. The van der Waals surface area contributed by atoms with Crippen LogP contribution in [0.25, 0.3) is 0 Å². The summed E-state index contributed by atoms with van der Waals surface area (Å²) in [4.78, 5) is 30.3. The maximum Gasteiger partial charge on any atom is 0.143 e. The third-order valence-corrected chi connectivity index (χ3v) is 13.5. The Hall–Kier alpha value is -0.820. The number of rotatable bonds is 52. The minimum Gasteiger partial charge on any atom is -0.385 e. The van der Waals surface area contributed by atoms with Crippen LogP contribution in [0.1, 0.15) is 313 Å². The molecule has 0 aromatic rings. The fourth-order valence-electron chi connectivity index (χ4n) is 9.22. The van der Waals surface area contributed by atoms with Gasteiger partial charge in [0.1, 0.15) is 12.1 Å². The summed E-state index contributed by atoms with van der Waals surface area (Å²) in [5.74, 6) is 1.22. The summed E-state index contributed by atoms with van der Waals surface area (Å²) in [5, 5.41) is 0. The summed E-state index contributed by atoms with van der Waals surface area (Å²) < 4.78 is 4.84. The zero-order valence-electron chi connectivity index (χ0n) is 49.2. The minimum absolute atomic E-state index is 0.318. The molecule has 0 bridgehead atoms. The molecular formula is C62H131N3O3. The smallest absolute Gasteiger partial charge is 0.143 e. The number of hydrogen-bond donors (Lipinski definition) is 0. The van der Waals surface area contributed by atoms with E-state index in [0.717, 1.165) is 57.8 Å². The molecule has 0 saturated carbocycles. The normalized spacial score (nSPS) is 11.2. The molecule has 0 atom stereocenters. The summed E-state index contributed by atoms with van der Waals surface area (Å²) in [6.45, 7) is 32.6. The van der Waals surface area contributed by atoms with E-state index >= 15 is 0 Å². The van der Waals surface area contributed by atoms with E-state index in [1.165, 1.54) is 257 Å². The lowest BCUT2D eigenvalue weighted by atomic mass is 9.94. The van der Waals surface area contributed by atoms with Crippen LogP contribution in [0.15, 0.2) is 0 Å². The number of ketones is 1. The molecule has 0 aliphatic carbocycles. The van der Waals surface area contributed by atoms with Crippen LogP contribution >= 0.6 is 0 Å². The van der Waals surface area contributed by atoms with Gasteiger partial charge in [-0.3, -0.25) is 9.69 Å². The molecule has 0 radical (unpaired) electrons. The number of ether oxygens (including phenoxy) is 1. The Morgan fingerprint density at radius 3 is 1.03 bits per heavy atom. The third kappa shape index (κ3) is 65.2. The van der Waals surface area contributed by atoms with Crippen molar-refractivity contribution in [2.24, 2.45) is 5.92 Å². The standard InChI is InChI=1S/C32H66N2O.C22H45NO.C6H14O.C2H6/c1-5-8-11-14-17-20-23-26-33(27-24-21-18-15-12-9-6-2)29-30-34(31-32(4)35)28-25-22-19-16-13-10-7-3;1-4-7-8-9-10-11-12-18-23(19-13-14-21-24)20-17-22(15-5-2)16-6-3;1-3-4-5-6-7-2;1-2/h5-31H2,1-4H3;21-22H,4-20H2,1-3H3;3-6H2,1-2H3;1-2H3. The molecule has 0 aromatic carbocycles. The zero-order chi connectivity index (χ0) is 51.2. The van der Waals surface area contributed by atoms with E-state index in [1.807, 2.05) is 13.8 Å². The molecule has 0 heterocycles. The highest BCUT2D eigenvalue weighted by molar-refractivity contribution is 5.77. The van der Waals surface area contributed by atoms with Gasteiger partial charge in [0.05, 0.1) is 6.54 Å². The molecule has 0 aromatic heterocycles. The van der Waals surface area contributed by atoms with Gasteiger partial charge in [0.2, 0.25) is 0 Å². The van der Waals surface area contributed by atoms with Crippen LogP contribution in [0.4, 0.5) is 0 Å². The van der Waals surface area contributed by atoms with E-state index < -0.39 is 0 Å². The lowest BCUT2D eigenvalue weighted by Crippen LogP contribution is -2.38. The molecule has 0 amide bonds. The van der Waals surface area contributed by atoms with Crippen molar-refractivity contribution >= 4 is 12.1 Å². The number of carbonyl (C=O) groups is 2. The summed E-state index contributed by atoms with van der Waals surface area (Å²) >= 11 is 0. The summed E-state index contributed by atoms with van der Waals surface area (Å²) in [5.41, 5.74) is 0. The second-order valence-electron chi connectivity index (χ2n) is 20.4. The van der Waals surface area contributed by atoms with Crippen LogP contribution in [0.2, 0.25) is 0 Å². The molecule has 0 rings (SSSR count). The van der Waals surface area contributed by atoms with Gasteiger partial charge >= 0.3 is 0 Å². The fourth-order valence-corrected chi connectivity index (χ4v) is 9.22. The van der Waals surface area contributed by atoms with Gasteiger partial charge in [0.15, 0.2) is 0 Å². The van der Waals surface area contributed by atoms with Crippen molar-refractivity contribution in [3.63, 3.8) is 0 Å². The molecule has 0 aliphatic heterocycles. The summed E-state index contributed by atoms with van der Waals surface area (Å²) in [6, 6.07) is 0. The molecular weight excluding hydrogens is 835 g/mol. The average Bonchev–Trinajstić information content (AvgIpc) is 3.34. The van der Waals surface area contributed by atoms with Gasteiger partial charge in [-0.1, -0.05) is 255 Å².